The van der Waals surface area contributed by atoms with E-state index in [4.69, 9.17) is 5.11 Å². The molecule has 0 radical (unpaired) electrons. The van der Waals surface area contributed by atoms with Crippen molar-refractivity contribution in [3.05, 3.63) is 23.8 Å². The van der Waals surface area contributed by atoms with Gasteiger partial charge in [-0.3, -0.25) is 0 Å². The molecule has 3 heteroatoms. The second kappa shape index (κ2) is 5.55. The van der Waals surface area contributed by atoms with Gasteiger partial charge in [0, 0.05) is 6.54 Å². The number of rotatable bonds is 4. The van der Waals surface area contributed by atoms with Crippen LogP contribution in [0.3, 0.4) is 0 Å². The van der Waals surface area contributed by atoms with Crippen molar-refractivity contribution >= 4 is 5.97 Å². The van der Waals surface area contributed by atoms with Crippen LogP contribution < -0.4 is 0 Å². The summed E-state index contributed by atoms with van der Waals surface area (Å²) in [5.41, 5.74) is 0.330. The van der Waals surface area contributed by atoms with Crippen LogP contribution >= 0.6 is 0 Å². The van der Waals surface area contributed by atoms with Crippen LogP contribution in [0.4, 0.5) is 0 Å². The molecule has 1 N–H and O–H groups in total. The Labute approximate surface area is 73.0 Å². The molecule has 0 aliphatic heterocycles. The van der Waals surface area contributed by atoms with Crippen LogP contribution in [0.15, 0.2) is 23.8 Å². The van der Waals surface area contributed by atoms with Gasteiger partial charge in [0.05, 0.1) is 5.57 Å². The van der Waals surface area contributed by atoms with Crippen LogP contribution in [-0.4, -0.2) is 36.6 Å². The Morgan fingerprint density at radius 1 is 1.50 bits per heavy atom. The van der Waals surface area contributed by atoms with Crippen LogP contribution in [0.5, 0.6) is 0 Å². The highest BCUT2D eigenvalue weighted by molar-refractivity contribution is 5.89. The van der Waals surface area contributed by atoms with Gasteiger partial charge < -0.3 is 10.0 Å². The van der Waals surface area contributed by atoms with E-state index in [0.29, 0.717) is 5.57 Å². The lowest BCUT2D eigenvalue weighted by Gasteiger charge is -2.03. The third-order valence-corrected chi connectivity index (χ3v) is 1.33. The summed E-state index contributed by atoms with van der Waals surface area (Å²) in [5, 5.41) is 8.61. The van der Waals surface area contributed by atoms with Gasteiger partial charge in [-0.2, -0.15) is 0 Å². The average Bonchev–Trinajstić information content (AvgIpc) is 1.96. The van der Waals surface area contributed by atoms with Gasteiger partial charge in [0.2, 0.25) is 0 Å². The highest BCUT2D eigenvalue weighted by Gasteiger charge is 1.99. The maximum absolute atomic E-state index is 10.5. The van der Waals surface area contributed by atoms with Crippen molar-refractivity contribution in [2.45, 2.75) is 6.92 Å². The van der Waals surface area contributed by atoms with E-state index in [-0.39, 0.29) is 0 Å². The number of likely N-dealkylation sites (N-methyl/N-ethyl adjacent to an activating group) is 1. The van der Waals surface area contributed by atoms with E-state index >= 15 is 0 Å². The molecule has 0 bridgehead atoms. The van der Waals surface area contributed by atoms with E-state index in [1.165, 1.54) is 0 Å². The van der Waals surface area contributed by atoms with Gasteiger partial charge in [-0.25, -0.2) is 4.79 Å². The number of carboxylic acids is 1. The molecule has 0 fully saturated rings. The Bertz CT molecular complexity index is 205. The molecular weight excluding hydrogens is 154 g/mol. The lowest BCUT2D eigenvalue weighted by Crippen LogP contribution is -2.10. The Morgan fingerprint density at radius 3 is 2.42 bits per heavy atom. The van der Waals surface area contributed by atoms with Gasteiger partial charge in [0.15, 0.2) is 0 Å². The Hall–Kier alpha value is -1.09. The van der Waals surface area contributed by atoms with Crippen molar-refractivity contribution in [1.29, 1.82) is 0 Å². The minimum atomic E-state index is -0.882. The number of aliphatic carboxylic acids is 1. The molecule has 0 atom stereocenters. The summed E-state index contributed by atoms with van der Waals surface area (Å²) in [4.78, 5) is 12.4. The predicted octanol–water partition coefficient (Wildman–Crippen LogP) is 1.14. The average molecular weight is 169 g/mol. The minimum absolute atomic E-state index is 0.330. The topological polar surface area (TPSA) is 40.5 Å². The summed E-state index contributed by atoms with van der Waals surface area (Å²) in [6, 6.07) is 0. The molecular formula is C9H15NO2. The van der Waals surface area contributed by atoms with Crippen molar-refractivity contribution in [1.82, 2.24) is 4.90 Å². The molecule has 0 saturated heterocycles. The van der Waals surface area contributed by atoms with Gasteiger partial charge in [0.1, 0.15) is 0 Å². The molecule has 0 aromatic heterocycles. The van der Waals surface area contributed by atoms with E-state index < -0.39 is 5.97 Å². The zero-order chi connectivity index (χ0) is 9.56. The zero-order valence-corrected chi connectivity index (χ0v) is 7.74. The van der Waals surface area contributed by atoms with Crippen LogP contribution in [0.1, 0.15) is 6.92 Å². The lowest BCUT2D eigenvalue weighted by atomic mass is 10.2. The monoisotopic (exact) mass is 169 g/mol. The molecule has 0 aliphatic rings. The fraction of sp³-hybridized carbons (Fsp3) is 0.444. The lowest BCUT2D eigenvalue weighted by molar-refractivity contribution is -0.132. The first-order valence-electron chi connectivity index (χ1n) is 3.78. The maximum atomic E-state index is 10.5. The third kappa shape index (κ3) is 4.68. The van der Waals surface area contributed by atoms with Crippen molar-refractivity contribution < 1.29 is 9.90 Å². The van der Waals surface area contributed by atoms with Crippen LogP contribution in [0.2, 0.25) is 0 Å². The first kappa shape index (κ1) is 10.9. The van der Waals surface area contributed by atoms with Crippen LogP contribution in [0, 0.1) is 0 Å². The molecule has 68 valence electrons. The molecule has 0 saturated carbocycles. The first-order valence-corrected chi connectivity index (χ1v) is 3.78. The summed E-state index contributed by atoms with van der Waals surface area (Å²) >= 11 is 0. The minimum Gasteiger partial charge on any atom is -0.478 e. The number of hydrogen-bond donors (Lipinski definition) is 1. The quantitative estimate of drug-likeness (QED) is 0.506. The van der Waals surface area contributed by atoms with Crippen molar-refractivity contribution in [3.63, 3.8) is 0 Å². The molecule has 12 heavy (non-hydrogen) atoms. The number of hydrogen-bond acceptors (Lipinski definition) is 2. The fourth-order valence-corrected chi connectivity index (χ4v) is 0.681. The van der Waals surface area contributed by atoms with E-state index in [1.54, 1.807) is 19.1 Å². The van der Waals surface area contributed by atoms with Crippen LogP contribution in [0.25, 0.3) is 0 Å². The van der Waals surface area contributed by atoms with Crippen molar-refractivity contribution in [2.75, 3.05) is 20.6 Å². The summed E-state index contributed by atoms with van der Waals surface area (Å²) in [6.45, 7) is 2.47. The van der Waals surface area contributed by atoms with Gasteiger partial charge >= 0.3 is 5.97 Å². The Kier molecular flexibility index (Phi) is 5.04. The number of allylic oxidation sites excluding steroid dienone is 1. The fourth-order valence-electron chi connectivity index (χ4n) is 0.681. The molecule has 0 aromatic carbocycles. The van der Waals surface area contributed by atoms with E-state index in [9.17, 15) is 4.79 Å². The predicted molar refractivity (Wildman–Crippen MR) is 49.1 cm³/mol. The SMILES string of the molecule is C/C=C(\C=C/CN(C)C)C(=O)O. The Balaban J connectivity index is 4.04. The largest absolute Gasteiger partial charge is 0.478 e. The smallest absolute Gasteiger partial charge is 0.335 e. The second-order valence-corrected chi connectivity index (χ2v) is 2.71. The Morgan fingerprint density at radius 2 is 2.08 bits per heavy atom. The van der Waals surface area contributed by atoms with Crippen LogP contribution in [-0.2, 0) is 4.79 Å². The molecule has 0 spiro atoms. The molecule has 0 amide bonds. The molecule has 0 rings (SSSR count). The number of carbonyl (C=O) groups is 1. The zero-order valence-electron chi connectivity index (χ0n) is 7.74. The van der Waals surface area contributed by atoms with Crippen molar-refractivity contribution in [3.8, 4) is 0 Å². The maximum Gasteiger partial charge on any atom is 0.335 e. The highest BCUT2D eigenvalue weighted by atomic mass is 16.4. The van der Waals surface area contributed by atoms with Gasteiger partial charge in [0.25, 0.3) is 0 Å². The summed E-state index contributed by atoms with van der Waals surface area (Å²) < 4.78 is 0. The van der Waals surface area contributed by atoms with Gasteiger partial charge in [-0.15, -0.1) is 0 Å². The van der Waals surface area contributed by atoms with E-state index in [2.05, 4.69) is 0 Å². The molecule has 0 aliphatic carbocycles. The molecule has 0 aromatic rings. The highest BCUT2D eigenvalue weighted by Crippen LogP contribution is 1.96. The number of nitrogens with zero attached hydrogens (tertiary/aromatic N) is 1. The first-order chi connectivity index (χ1) is 5.57. The van der Waals surface area contributed by atoms with E-state index in [0.717, 1.165) is 6.54 Å². The van der Waals surface area contributed by atoms with E-state index in [1.807, 2.05) is 25.1 Å². The van der Waals surface area contributed by atoms with Gasteiger partial charge in [-0.05, 0) is 21.0 Å². The normalized spacial score (nSPS) is 12.8. The standard InChI is InChI=1S/C9H15NO2/c1-4-8(9(11)12)6-5-7-10(2)3/h4-6H,7H2,1-3H3,(H,11,12)/b6-5-,8-4+. The van der Waals surface area contributed by atoms with Crippen molar-refractivity contribution in [2.24, 2.45) is 0 Å². The number of carboxylic acid groups (broad SMARTS) is 1. The molecule has 0 unspecified atom stereocenters. The van der Waals surface area contributed by atoms with Gasteiger partial charge in [-0.1, -0.05) is 18.2 Å². The summed E-state index contributed by atoms with van der Waals surface area (Å²) in [7, 11) is 3.86. The molecule has 0 heterocycles. The molecule has 3 nitrogen and oxygen atoms in total. The summed E-state index contributed by atoms with van der Waals surface area (Å²) in [6.07, 6.45) is 5.01. The third-order valence-electron chi connectivity index (χ3n) is 1.33. The summed E-state index contributed by atoms with van der Waals surface area (Å²) in [5.74, 6) is -0.882. The second-order valence-electron chi connectivity index (χ2n) is 2.71.